The van der Waals surface area contributed by atoms with Gasteiger partial charge in [-0.25, -0.2) is 4.98 Å². The lowest BCUT2D eigenvalue weighted by Crippen LogP contribution is -2.59. The van der Waals surface area contributed by atoms with E-state index in [1.54, 1.807) is 6.20 Å². The van der Waals surface area contributed by atoms with E-state index < -0.39 is 0 Å². The molecule has 18 heavy (non-hydrogen) atoms. The first-order valence-electron chi connectivity index (χ1n) is 5.90. The second-order valence-electron chi connectivity index (χ2n) is 4.39. The SMILES string of the molecule is CC[C@@H]1C(=O)Nc2cnc(Cl)nc2N1C1COC1. The molecule has 0 aliphatic carbocycles. The molecule has 1 amide bonds. The summed E-state index contributed by atoms with van der Waals surface area (Å²) in [6.45, 7) is 3.21. The van der Waals surface area contributed by atoms with Gasteiger partial charge in [-0.2, -0.15) is 4.98 Å². The van der Waals surface area contributed by atoms with Gasteiger partial charge in [0, 0.05) is 0 Å². The highest BCUT2D eigenvalue weighted by molar-refractivity contribution is 6.28. The molecule has 2 aliphatic rings. The highest BCUT2D eigenvalue weighted by Gasteiger charge is 2.40. The van der Waals surface area contributed by atoms with Crippen molar-refractivity contribution in [3.63, 3.8) is 0 Å². The van der Waals surface area contributed by atoms with Gasteiger partial charge in [-0.05, 0) is 18.0 Å². The summed E-state index contributed by atoms with van der Waals surface area (Å²) in [6, 6.07) is -0.0388. The smallest absolute Gasteiger partial charge is 0.247 e. The molecule has 96 valence electrons. The van der Waals surface area contributed by atoms with Gasteiger partial charge < -0.3 is 15.0 Å². The minimum absolute atomic E-state index is 0.0252. The van der Waals surface area contributed by atoms with Crippen LogP contribution >= 0.6 is 11.6 Å². The number of nitrogens with one attached hydrogen (secondary N) is 1. The normalized spacial score (nSPS) is 23.3. The molecule has 6 nitrogen and oxygen atoms in total. The fraction of sp³-hybridized carbons (Fsp3) is 0.545. The van der Waals surface area contributed by atoms with Crippen LogP contribution in [0.2, 0.25) is 5.28 Å². The highest BCUT2D eigenvalue weighted by atomic mass is 35.5. The van der Waals surface area contributed by atoms with Crippen LogP contribution in [0.3, 0.4) is 0 Å². The zero-order valence-corrected chi connectivity index (χ0v) is 10.6. The zero-order valence-electron chi connectivity index (χ0n) is 9.89. The Labute approximate surface area is 109 Å². The minimum Gasteiger partial charge on any atom is -0.377 e. The van der Waals surface area contributed by atoms with Gasteiger partial charge in [-0.1, -0.05) is 6.92 Å². The third-order valence-corrected chi connectivity index (χ3v) is 3.46. The monoisotopic (exact) mass is 268 g/mol. The Morgan fingerprint density at radius 2 is 2.39 bits per heavy atom. The van der Waals surface area contributed by atoms with E-state index >= 15 is 0 Å². The highest BCUT2D eigenvalue weighted by Crippen LogP contribution is 2.34. The summed E-state index contributed by atoms with van der Waals surface area (Å²) in [5.41, 5.74) is 0.612. The first-order chi connectivity index (χ1) is 8.70. The molecule has 2 aliphatic heterocycles. The van der Waals surface area contributed by atoms with E-state index in [-0.39, 0.29) is 23.3 Å². The topological polar surface area (TPSA) is 67.4 Å². The predicted molar refractivity (Wildman–Crippen MR) is 66.8 cm³/mol. The Balaban J connectivity index is 2.06. The summed E-state index contributed by atoms with van der Waals surface area (Å²) in [5, 5.41) is 3.00. The van der Waals surface area contributed by atoms with E-state index in [0.717, 1.165) is 0 Å². The van der Waals surface area contributed by atoms with Gasteiger partial charge in [-0.15, -0.1) is 0 Å². The summed E-state index contributed by atoms with van der Waals surface area (Å²) in [7, 11) is 0. The number of fused-ring (bicyclic) bond motifs is 1. The molecule has 1 saturated heterocycles. The first-order valence-corrected chi connectivity index (χ1v) is 6.28. The van der Waals surface area contributed by atoms with Crippen molar-refractivity contribution in [2.45, 2.75) is 25.4 Å². The number of anilines is 2. The zero-order chi connectivity index (χ0) is 12.7. The molecule has 0 radical (unpaired) electrons. The Morgan fingerprint density at radius 3 is 3.00 bits per heavy atom. The number of halogens is 1. The van der Waals surface area contributed by atoms with Crippen molar-refractivity contribution < 1.29 is 9.53 Å². The van der Waals surface area contributed by atoms with Crippen LogP contribution in [-0.2, 0) is 9.53 Å². The van der Waals surface area contributed by atoms with E-state index in [2.05, 4.69) is 15.3 Å². The lowest BCUT2D eigenvalue weighted by Gasteiger charge is -2.44. The van der Waals surface area contributed by atoms with E-state index in [1.165, 1.54) is 0 Å². The van der Waals surface area contributed by atoms with E-state index in [0.29, 0.717) is 31.1 Å². The predicted octanol–water partition coefficient (Wildman–Crippen LogP) is 1.07. The van der Waals surface area contributed by atoms with Crippen molar-refractivity contribution in [1.82, 2.24) is 9.97 Å². The van der Waals surface area contributed by atoms with Gasteiger partial charge in [0.15, 0.2) is 5.82 Å². The number of amides is 1. The van der Waals surface area contributed by atoms with Crippen LogP contribution in [0.15, 0.2) is 6.20 Å². The van der Waals surface area contributed by atoms with E-state index in [9.17, 15) is 4.79 Å². The maximum Gasteiger partial charge on any atom is 0.247 e. The Kier molecular flexibility index (Phi) is 2.83. The van der Waals surface area contributed by atoms with Crippen LogP contribution in [0.25, 0.3) is 0 Å². The van der Waals surface area contributed by atoms with E-state index in [1.807, 2.05) is 11.8 Å². The lowest BCUT2D eigenvalue weighted by molar-refractivity contribution is -0.118. The maximum atomic E-state index is 12.0. The molecule has 7 heteroatoms. The van der Waals surface area contributed by atoms with Gasteiger partial charge in [0.25, 0.3) is 0 Å². The number of rotatable bonds is 2. The molecule has 1 aromatic rings. The largest absolute Gasteiger partial charge is 0.377 e. The molecule has 1 aromatic heterocycles. The molecule has 3 heterocycles. The molecule has 0 spiro atoms. The summed E-state index contributed by atoms with van der Waals surface area (Å²) >= 11 is 5.84. The van der Waals surface area contributed by atoms with Crippen LogP contribution in [0.1, 0.15) is 13.3 Å². The number of ether oxygens (including phenoxy) is 1. The molecule has 1 atom stereocenters. The molecular formula is C11H13ClN4O2. The van der Waals surface area contributed by atoms with Crippen molar-refractivity contribution in [3.8, 4) is 0 Å². The number of hydrogen-bond donors (Lipinski definition) is 1. The number of carbonyl (C=O) groups excluding carboxylic acids is 1. The fourth-order valence-electron chi connectivity index (χ4n) is 2.32. The number of aromatic nitrogens is 2. The van der Waals surface area contributed by atoms with Crippen molar-refractivity contribution >= 4 is 29.0 Å². The number of hydrogen-bond acceptors (Lipinski definition) is 5. The second kappa shape index (κ2) is 4.37. The van der Waals surface area contributed by atoms with E-state index in [4.69, 9.17) is 16.3 Å². The summed E-state index contributed by atoms with van der Waals surface area (Å²) in [6.07, 6.45) is 2.25. The summed E-state index contributed by atoms with van der Waals surface area (Å²) in [4.78, 5) is 22.2. The Morgan fingerprint density at radius 1 is 1.61 bits per heavy atom. The van der Waals surface area contributed by atoms with Crippen LogP contribution in [0.5, 0.6) is 0 Å². The molecule has 1 fully saturated rings. The second-order valence-corrected chi connectivity index (χ2v) is 4.73. The van der Waals surface area contributed by atoms with Crippen molar-refractivity contribution in [3.05, 3.63) is 11.5 Å². The van der Waals surface area contributed by atoms with Gasteiger partial charge in [-0.3, -0.25) is 4.79 Å². The van der Waals surface area contributed by atoms with Gasteiger partial charge in [0.2, 0.25) is 11.2 Å². The first kappa shape index (κ1) is 11.7. The molecule has 3 rings (SSSR count). The van der Waals surface area contributed by atoms with Crippen LogP contribution in [0, 0.1) is 0 Å². The van der Waals surface area contributed by atoms with Gasteiger partial charge in [0.1, 0.15) is 11.7 Å². The van der Waals surface area contributed by atoms with Crippen LogP contribution < -0.4 is 10.2 Å². The standard InChI is InChI=1S/C11H13ClN4O2/c1-2-8-10(17)14-7-3-13-11(12)15-9(7)16(8)6-4-18-5-6/h3,6,8H,2,4-5H2,1H3,(H,14,17)/t8-/m1/s1. The lowest BCUT2D eigenvalue weighted by atomic mass is 10.0. The minimum atomic E-state index is -0.225. The van der Waals surface area contributed by atoms with Crippen molar-refractivity contribution in [2.75, 3.05) is 23.4 Å². The molecule has 0 bridgehead atoms. The molecule has 1 N–H and O–H groups in total. The van der Waals surface area contributed by atoms with Gasteiger partial charge in [0.05, 0.1) is 25.5 Å². The molecular weight excluding hydrogens is 256 g/mol. The average Bonchev–Trinajstić information content (AvgIpc) is 2.28. The molecule has 0 aromatic carbocycles. The van der Waals surface area contributed by atoms with Crippen molar-refractivity contribution in [1.29, 1.82) is 0 Å². The number of nitrogens with zero attached hydrogens (tertiary/aromatic N) is 3. The summed E-state index contributed by atoms with van der Waals surface area (Å²) in [5.74, 6) is 0.664. The number of carbonyl (C=O) groups is 1. The van der Waals surface area contributed by atoms with Crippen LogP contribution in [-0.4, -0.2) is 41.2 Å². The average molecular weight is 269 g/mol. The molecule has 0 saturated carbocycles. The van der Waals surface area contributed by atoms with Crippen molar-refractivity contribution in [2.24, 2.45) is 0 Å². The van der Waals surface area contributed by atoms with Gasteiger partial charge >= 0.3 is 0 Å². The fourth-order valence-corrected chi connectivity index (χ4v) is 2.45. The maximum absolute atomic E-state index is 12.0. The summed E-state index contributed by atoms with van der Waals surface area (Å²) < 4.78 is 5.21. The van der Waals surface area contributed by atoms with Crippen LogP contribution in [0.4, 0.5) is 11.5 Å². The Hall–Kier alpha value is -1.40. The molecule has 0 unspecified atom stereocenters. The Bertz CT molecular complexity index is 492. The third kappa shape index (κ3) is 1.72. The quantitative estimate of drug-likeness (QED) is 0.813. The third-order valence-electron chi connectivity index (χ3n) is 3.28.